The zero-order valence-electron chi connectivity index (χ0n) is 23.0. The van der Waals surface area contributed by atoms with Crippen LogP contribution in [0.1, 0.15) is 82.7 Å². The topological polar surface area (TPSA) is 145 Å². The van der Waals surface area contributed by atoms with Crippen LogP contribution < -0.4 is 21.3 Å². The SMILES string of the molecule is CC(C)c1cc(Nc2nc(N3CCCC3C(=O)NC3CCCN(C(=O)C(C)(C)N)C3)nc3c2CCC3)n[nH]1. The number of carbonyl (C=O) groups is 2. The van der Waals surface area contributed by atoms with E-state index in [1.807, 2.05) is 11.0 Å². The predicted octanol–water partition coefficient (Wildman–Crippen LogP) is 2.37. The fourth-order valence-electron chi connectivity index (χ4n) is 5.73. The number of rotatable bonds is 7. The predicted molar refractivity (Wildman–Crippen MR) is 146 cm³/mol. The number of carbonyl (C=O) groups excluding carboxylic acids is 2. The molecule has 11 heteroatoms. The number of nitrogens with zero attached hydrogens (tertiary/aromatic N) is 5. The normalized spacial score (nSPS) is 21.6. The van der Waals surface area contributed by atoms with Crippen molar-refractivity contribution in [3.63, 3.8) is 0 Å². The Balaban J connectivity index is 1.31. The average Bonchev–Trinajstić information content (AvgIpc) is 3.63. The number of aromatic amines is 1. The summed E-state index contributed by atoms with van der Waals surface area (Å²) in [4.78, 5) is 39.8. The monoisotopic (exact) mass is 523 g/mol. The molecule has 2 aliphatic heterocycles. The molecule has 2 aromatic rings. The summed E-state index contributed by atoms with van der Waals surface area (Å²) in [5, 5.41) is 14.1. The molecule has 2 saturated heterocycles. The van der Waals surface area contributed by atoms with Crippen molar-refractivity contribution in [1.29, 1.82) is 0 Å². The number of fused-ring (bicyclic) bond motifs is 1. The number of aryl methyl sites for hydroxylation is 1. The van der Waals surface area contributed by atoms with E-state index >= 15 is 0 Å². The van der Waals surface area contributed by atoms with Gasteiger partial charge in [-0.15, -0.1) is 0 Å². The maximum Gasteiger partial charge on any atom is 0.243 e. The zero-order chi connectivity index (χ0) is 27.0. The fourth-order valence-corrected chi connectivity index (χ4v) is 5.73. The summed E-state index contributed by atoms with van der Waals surface area (Å²) in [6.45, 7) is 9.59. The van der Waals surface area contributed by atoms with Crippen LogP contribution >= 0.6 is 0 Å². The molecule has 0 bridgehead atoms. The Kier molecular flexibility index (Phi) is 7.30. The number of hydrogen-bond acceptors (Lipinski definition) is 8. The first kappa shape index (κ1) is 26.4. The second-order valence-electron chi connectivity index (χ2n) is 11.8. The van der Waals surface area contributed by atoms with Gasteiger partial charge in [0.25, 0.3) is 0 Å². The summed E-state index contributed by atoms with van der Waals surface area (Å²) >= 11 is 0. The minimum atomic E-state index is -0.920. The molecule has 1 aliphatic carbocycles. The summed E-state index contributed by atoms with van der Waals surface area (Å²) in [7, 11) is 0. The highest BCUT2D eigenvalue weighted by molar-refractivity contribution is 5.87. The van der Waals surface area contributed by atoms with Gasteiger partial charge in [0.1, 0.15) is 11.9 Å². The van der Waals surface area contributed by atoms with E-state index in [0.717, 1.165) is 80.1 Å². The van der Waals surface area contributed by atoms with E-state index in [1.54, 1.807) is 18.7 Å². The lowest BCUT2D eigenvalue weighted by molar-refractivity contribution is -0.138. The van der Waals surface area contributed by atoms with Crippen LogP contribution in [0.4, 0.5) is 17.6 Å². The molecule has 2 unspecified atom stereocenters. The molecule has 2 amide bonds. The number of hydrogen-bond donors (Lipinski definition) is 4. The molecule has 0 aromatic carbocycles. The van der Waals surface area contributed by atoms with Crippen LogP contribution in [0, 0.1) is 0 Å². The largest absolute Gasteiger partial charge is 0.350 e. The van der Waals surface area contributed by atoms with Crippen molar-refractivity contribution < 1.29 is 9.59 Å². The fraction of sp³-hybridized carbons (Fsp3) is 0.667. The van der Waals surface area contributed by atoms with Crippen molar-refractivity contribution in [2.75, 3.05) is 29.9 Å². The first-order valence-corrected chi connectivity index (χ1v) is 14.0. The molecule has 11 nitrogen and oxygen atoms in total. The minimum Gasteiger partial charge on any atom is -0.350 e. The summed E-state index contributed by atoms with van der Waals surface area (Å²) < 4.78 is 0. The molecule has 0 spiro atoms. The highest BCUT2D eigenvalue weighted by atomic mass is 16.2. The van der Waals surface area contributed by atoms with E-state index in [-0.39, 0.29) is 23.9 Å². The lowest BCUT2D eigenvalue weighted by Crippen LogP contribution is -2.58. The standard InChI is InChI=1S/C27H41N9O2/c1-16(2)20-14-22(34-33-20)31-23-18-9-5-10-19(18)30-26(32-23)36-13-7-11-21(36)24(37)29-17-8-6-12-35(15-17)25(38)27(3,4)28/h14,16-17,21H,5-13,15,28H2,1-4H3,(H,29,37)(H2,30,31,32,33,34). The Hall–Kier alpha value is -3.21. The van der Waals surface area contributed by atoms with Gasteiger partial charge in [0, 0.05) is 43.0 Å². The first-order valence-electron chi connectivity index (χ1n) is 14.0. The average molecular weight is 524 g/mol. The molecule has 4 heterocycles. The molecule has 5 rings (SSSR count). The third kappa shape index (κ3) is 5.48. The second kappa shape index (κ2) is 10.5. The Morgan fingerprint density at radius 3 is 2.66 bits per heavy atom. The van der Waals surface area contributed by atoms with E-state index < -0.39 is 5.54 Å². The van der Waals surface area contributed by atoms with Gasteiger partial charge in [-0.2, -0.15) is 10.1 Å². The number of nitrogens with two attached hydrogens (primary N) is 1. The molecular weight excluding hydrogens is 482 g/mol. The molecule has 206 valence electrons. The third-order valence-electron chi connectivity index (χ3n) is 7.81. The number of likely N-dealkylation sites (tertiary alicyclic amines) is 1. The quantitative estimate of drug-likeness (QED) is 0.433. The van der Waals surface area contributed by atoms with Gasteiger partial charge in [-0.3, -0.25) is 14.7 Å². The summed E-state index contributed by atoms with van der Waals surface area (Å²) in [6.07, 6.45) is 6.21. The lowest BCUT2D eigenvalue weighted by atomic mass is 10.00. The van der Waals surface area contributed by atoms with Crippen molar-refractivity contribution in [2.45, 2.75) is 96.2 Å². The van der Waals surface area contributed by atoms with E-state index in [2.05, 4.69) is 34.7 Å². The molecular formula is C27H41N9O2. The number of piperidine rings is 1. The van der Waals surface area contributed by atoms with Crippen molar-refractivity contribution >= 4 is 29.4 Å². The number of amides is 2. The van der Waals surface area contributed by atoms with Crippen LogP contribution in [0.25, 0.3) is 0 Å². The van der Waals surface area contributed by atoms with Gasteiger partial charge >= 0.3 is 0 Å². The van der Waals surface area contributed by atoms with Gasteiger partial charge in [-0.05, 0) is 64.7 Å². The van der Waals surface area contributed by atoms with Crippen molar-refractivity contribution in [3.05, 3.63) is 23.0 Å². The third-order valence-corrected chi connectivity index (χ3v) is 7.81. The molecule has 3 aliphatic rings. The van der Waals surface area contributed by atoms with E-state index in [0.29, 0.717) is 25.0 Å². The van der Waals surface area contributed by atoms with Crippen molar-refractivity contribution in [3.8, 4) is 0 Å². The molecule has 2 aromatic heterocycles. The van der Waals surface area contributed by atoms with Crippen LogP contribution in [0.15, 0.2) is 6.07 Å². The highest BCUT2D eigenvalue weighted by Crippen LogP contribution is 2.33. The van der Waals surface area contributed by atoms with Gasteiger partial charge in [0.2, 0.25) is 17.8 Å². The molecule has 5 N–H and O–H groups in total. The van der Waals surface area contributed by atoms with Gasteiger partial charge in [-0.25, -0.2) is 4.98 Å². The molecule has 0 radical (unpaired) electrons. The Labute approximate surface area is 224 Å². The molecule has 2 fully saturated rings. The number of aromatic nitrogens is 4. The summed E-state index contributed by atoms with van der Waals surface area (Å²) in [5.74, 6) is 2.35. The maximum absolute atomic E-state index is 13.5. The van der Waals surface area contributed by atoms with Crippen molar-refractivity contribution in [2.24, 2.45) is 5.73 Å². The van der Waals surface area contributed by atoms with E-state index in [4.69, 9.17) is 15.7 Å². The van der Waals surface area contributed by atoms with Gasteiger partial charge in [-0.1, -0.05) is 13.8 Å². The second-order valence-corrected chi connectivity index (χ2v) is 11.8. The van der Waals surface area contributed by atoms with Crippen LogP contribution in [-0.4, -0.2) is 74.1 Å². The lowest BCUT2D eigenvalue weighted by Gasteiger charge is -2.37. The highest BCUT2D eigenvalue weighted by Gasteiger charge is 2.37. The van der Waals surface area contributed by atoms with Gasteiger partial charge < -0.3 is 26.2 Å². The molecule has 2 atom stereocenters. The van der Waals surface area contributed by atoms with Crippen LogP contribution in [-0.2, 0) is 22.4 Å². The number of nitrogens with one attached hydrogen (secondary N) is 3. The minimum absolute atomic E-state index is 0.0266. The van der Waals surface area contributed by atoms with Crippen molar-refractivity contribution in [1.82, 2.24) is 30.4 Å². The van der Waals surface area contributed by atoms with E-state index in [1.165, 1.54) is 0 Å². The number of H-pyrrole nitrogens is 1. The van der Waals surface area contributed by atoms with Crippen LogP contribution in [0.5, 0.6) is 0 Å². The Morgan fingerprint density at radius 2 is 1.92 bits per heavy atom. The van der Waals surface area contributed by atoms with Crippen LogP contribution in [0.2, 0.25) is 0 Å². The summed E-state index contributed by atoms with van der Waals surface area (Å²) in [6, 6.07) is 1.60. The molecule has 38 heavy (non-hydrogen) atoms. The summed E-state index contributed by atoms with van der Waals surface area (Å²) in [5.41, 5.74) is 8.37. The van der Waals surface area contributed by atoms with E-state index in [9.17, 15) is 9.59 Å². The molecule has 0 saturated carbocycles. The first-order chi connectivity index (χ1) is 18.1. The Morgan fingerprint density at radius 1 is 1.13 bits per heavy atom. The van der Waals surface area contributed by atoms with Gasteiger partial charge in [0.05, 0.1) is 11.2 Å². The zero-order valence-corrected chi connectivity index (χ0v) is 23.0. The van der Waals surface area contributed by atoms with Crippen LogP contribution in [0.3, 0.4) is 0 Å². The number of anilines is 3. The Bertz CT molecular complexity index is 1190. The van der Waals surface area contributed by atoms with Gasteiger partial charge in [0.15, 0.2) is 5.82 Å². The smallest absolute Gasteiger partial charge is 0.243 e. The maximum atomic E-state index is 13.5.